The molecule has 0 aromatic heterocycles. The molecule has 0 fully saturated rings. The number of sulfone groups is 1. The van der Waals surface area contributed by atoms with Crippen molar-refractivity contribution in [2.45, 2.75) is 4.90 Å². The van der Waals surface area contributed by atoms with E-state index in [1.807, 2.05) is 0 Å². The molecule has 0 bridgehead atoms. The Kier molecular flexibility index (Phi) is 3.77. The molecular formula is C11H14ClN3O2S. The Morgan fingerprint density at radius 3 is 2.89 bits per heavy atom. The first-order chi connectivity index (χ1) is 8.47. The van der Waals surface area contributed by atoms with E-state index in [1.165, 1.54) is 6.07 Å². The van der Waals surface area contributed by atoms with Gasteiger partial charge in [0.25, 0.3) is 0 Å². The Labute approximate surface area is 111 Å². The molecule has 0 aliphatic carbocycles. The molecule has 1 aromatic carbocycles. The minimum Gasteiger partial charge on any atom is -0.377 e. The summed E-state index contributed by atoms with van der Waals surface area (Å²) in [6.45, 7) is 2.07. The van der Waals surface area contributed by atoms with Crippen molar-refractivity contribution in [3.05, 3.63) is 23.2 Å². The zero-order chi connectivity index (χ0) is 13.2. The number of nitrogens with zero attached hydrogens (tertiary/aromatic N) is 1. The summed E-state index contributed by atoms with van der Waals surface area (Å²) in [6.07, 6.45) is 1.16. The Balaban J connectivity index is 2.21. The molecule has 1 aliphatic rings. The molecule has 0 saturated carbocycles. The second-order valence-corrected chi connectivity index (χ2v) is 6.44. The van der Waals surface area contributed by atoms with E-state index in [0.717, 1.165) is 25.2 Å². The molecule has 0 atom stereocenters. The molecule has 2 rings (SSSR count). The maximum atomic E-state index is 11.7. The van der Waals surface area contributed by atoms with Crippen molar-refractivity contribution in [3.8, 4) is 0 Å². The van der Waals surface area contributed by atoms with Crippen LogP contribution in [-0.2, 0) is 9.84 Å². The molecule has 98 valence electrons. The van der Waals surface area contributed by atoms with Crippen LogP contribution in [-0.4, -0.2) is 40.1 Å². The van der Waals surface area contributed by atoms with Gasteiger partial charge in [0.15, 0.2) is 9.84 Å². The van der Waals surface area contributed by atoms with E-state index in [9.17, 15) is 8.42 Å². The highest BCUT2D eigenvalue weighted by Crippen LogP contribution is 2.24. The van der Waals surface area contributed by atoms with Gasteiger partial charge in [-0.05, 0) is 18.2 Å². The second-order valence-electron chi connectivity index (χ2n) is 4.02. The molecule has 0 radical (unpaired) electrons. The van der Waals surface area contributed by atoms with E-state index in [-0.39, 0.29) is 4.90 Å². The lowest BCUT2D eigenvalue weighted by molar-refractivity contribution is 0.602. The SMILES string of the molecule is CS(=O)(=O)c1cc(Cl)ccc1NCC1=NCCN1. The fourth-order valence-electron chi connectivity index (χ4n) is 1.69. The monoisotopic (exact) mass is 287 g/mol. The number of hydrogen-bond acceptors (Lipinski definition) is 5. The van der Waals surface area contributed by atoms with Crippen LogP contribution in [0, 0.1) is 0 Å². The number of amidine groups is 1. The Hall–Kier alpha value is -1.27. The number of benzene rings is 1. The fourth-order valence-corrected chi connectivity index (χ4v) is 2.81. The minimum absolute atomic E-state index is 0.202. The molecule has 1 aromatic rings. The molecule has 2 N–H and O–H groups in total. The van der Waals surface area contributed by atoms with Gasteiger partial charge in [0, 0.05) is 17.8 Å². The fraction of sp³-hybridized carbons (Fsp3) is 0.364. The highest BCUT2D eigenvalue weighted by molar-refractivity contribution is 7.90. The van der Waals surface area contributed by atoms with E-state index in [4.69, 9.17) is 11.6 Å². The summed E-state index contributed by atoms with van der Waals surface area (Å²) < 4.78 is 23.3. The van der Waals surface area contributed by atoms with Gasteiger partial charge in [-0.3, -0.25) is 4.99 Å². The van der Waals surface area contributed by atoms with Crippen LogP contribution in [0.3, 0.4) is 0 Å². The lowest BCUT2D eigenvalue weighted by Crippen LogP contribution is -2.26. The maximum Gasteiger partial charge on any atom is 0.177 e. The van der Waals surface area contributed by atoms with Crippen LogP contribution >= 0.6 is 11.6 Å². The number of nitrogens with one attached hydrogen (secondary N) is 2. The Bertz CT molecular complexity index is 584. The van der Waals surface area contributed by atoms with E-state index in [2.05, 4.69) is 15.6 Å². The average molecular weight is 288 g/mol. The van der Waals surface area contributed by atoms with Crippen LogP contribution in [0.1, 0.15) is 0 Å². The molecule has 0 amide bonds. The largest absolute Gasteiger partial charge is 0.377 e. The van der Waals surface area contributed by atoms with Gasteiger partial charge in [-0.15, -0.1) is 0 Å². The predicted octanol–water partition coefficient (Wildman–Crippen LogP) is 1.16. The maximum absolute atomic E-state index is 11.7. The van der Waals surface area contributed by atoms with E-state index >= 15 is 0 Å². The zero-order valence-electron chi connectivity index (χ0n) is 9.90. The van der Waals surface area contributed by atoms with Crippen molar-refractivity contribution in [2.75, 3.05) is 31.2 Å². The van der Waals surface area contributed by atoms with Gasteiger partial charge in [0.1, 0.15) is 5.84 Å². The van der Waals surface area contributed by atoms with Crippen LogP contribution in [0.4, 0.5) is 5.69 Å². The van der Waals surface area contributed by atoms with Crippen molar-refractivity contribution in [1.29, 1.82) is 0 Å². The highest BCUT2D eigenvalue weighted by atomic mass is 35.5. The highest BCUT2D eigenvalue weighted by Gasteiger charge is 2.14. The van der Waals surface area contributed by atoms with Crippen LogP contribution < -0.4 is 10.6 Å². The standard InChI is InChI=1S/C11H14ClN3O2S/c1-18(16,17)10-6-8(12)2-3-9(10)15-7-11-13-4-5-14-11/h2-3,6,15H,4-5,7H2,1H3,(H,13,14). The molecular weight excluding hydrogens is 274 g/mol. The van der Waals surface area contributed by atoms with Gasteiger partial charge in [-0.25, -0.2) is 8.42 Å². The molecule has 5 nitrogen and oxygen atoms in total. The smallest absolute Gasteiger partial charge is 0.177 e. The molecule has 0 spiro atoms. The van der Waals surface area contributed by atoms with Crippen LogP contribution in [0.25, 0.3) is 0 Å². The first-order valence-corrected chi connectivity index (χ1v) is 7.74. The van der Waals surface area contributed by atoms with Gasteiger partial charge in [-0.2, -0.15) is 0 Å². The van der Waals surface area contributed by atoms with Crippen LogP contribution in [0.5, 0.6) is 0 Å². The Morgan fingerprint density at radius 1 is 1.50 bits per heavy atom. The van der Waals surface area contributed by atoms with Crippen molar-refractivity contribution in [3.63, 3.8) is 0 Å². The van der Waals surface area contributed by atoms with E-state index < -0.39 is 9.84 Å². The zero-order valence-corrected chi connectivity index (χ0v) is 11.5. The number of halogens is 1. The first-order valence-electron chi connectivity index (χ1n) is 5.47. The third-order valence-corrected chi connectivity index (χ3v) is 3.90. The quantitative estimate of drug-likeness (QED) is 0.872. The summed E-state index contributed by atoms with van der Waals surface area (Å²) in [5, 5.41) is 6.57. The Morgan fingerprint density at radius 2 is 2.28 bits per heavy atom. The molecule has 1 aliphatic heterocycles. The van der Waals surface area contributed by atoms with Gasteiger partial charge >= 0.3 is 0 Å². The summed E-state index contributed by atoms with van der Waals surface area (Å²) in [6, 6.07) is 4.76. The number of anilines is 1. The molecule has 0 unspecified atom stereocenters. The van der Waals surface area contributed by atoms with Crippen molar-refractivity contribution in [2.24, 2.45) is 4.99 Å². The summed E-state index contributed by atoms with van der Waals surface area (Å²) in [5.74, 6) is 0.837. The summed E-state index contributed by atoms with van der Waals surface area (Å²) >= 11 is 5.82. The van der Waals surface area contributed by atoms with Crippen molar-refractivity contribution < 1.29 is 8.42 Å². The van der Waals surface area contributed by atoms with Crippen molar-refractivity contribution >= 4 is 33.0 Å². The third-order valence-electron chi connectivity index (χ3n) is 2.53. The van der Waals surface area contributed by atoms with Gasteiger partial charge < -0.3 is 10.6 Å². The predicted molar refractivity (Wildman–Crippen MR) is 73.4 cm³/mol. The molecule has 0 saturated heterocycles. The summed E-state index contributed by atoms with van der Waals surface area (Å²) in [7, 11) is -3.31. The third kappa shape index (κ3) is 3.14. The summed E-state index contributed by atoms with van der Waals surface area (Å²) in [5.41, 5.74) is 0.540. The van der Waals surface area contributed by atoms with Gasteiger partial charge in [0.05, 0.1) is 23.7 Å². The normalized spacial score (nSPS) is 15.1. The van der Waals surface area contributed by atoms with Gasteiger partial charge in [0.2, 0.25) is 0 Å². The molecule has 7 heteroatoms. The van der Waals surface area contributed by atoms with Crippen LogP contribution in [0.2, 0.25) is 5.02 Å². The van der Waals surface area contributed by atoms with E-state index in [0.29, 0.717) is 17.3 Å². The van der Waals surface area contributed by atoms with Gasteiger partial charge in [-0.1, -0.05) is 11.6 Å². The van der Waals surface area contributed by atoms with Crippen molar-refractivity contribution in [1.82, 2.24) is 5.32 Å². The summed E-state index contributed by atoms with van der Waals surface area (Å²) in [4.78, 5) is 4.43. The minimum atomic E-state index is -3.31. The topological polar surface area (TPSA) is 70.6 Å². The van der Waals surface area contributed by atoms with E-state index in [1.54, 1.807) is 12.1 Å². The first kappa shape index (κ1) is 13.2. The number of rotatable bonds is 4. The average Bonchev–Trinajstić information content (AvgIpc) is 2.79. The number of hydrogen-bond donors (Lipinski definition) is 2. The molecule has 18 heavy (non-hydrogen) atoms. The van der Waals surface area contributed by atoms with Crippen LogP contribution in [0.15, 0.2) is 28.1 Å². The lowest BCUT2D eigenvalue weighted by atomic mass is 10.3. The lowest BCUT2D eigenvalue weighted by Gasteiger charge is -2.11. The molecule has 1 heterocycles. The number of aliphatic imine (C=N–C) groups is 1. The second kappa shape index (κ2) is 5.16.